The van der Waals surface area contributed by atoms with Crippen molar-refractivity contribution in [1.82, 2.24) is 0 Å². The third kappa shape index (κ3) is 14.1. The topological polar surface area (TPSA) is 89.6 Å². The van der Waals surface area contributed by atoms with Crippen molar-refractivity contribution in [1.29, 1.82) is 0 Å². The lowest BCUT2D eigenvalue weighted by Gasteiger charge is -2.28. The molecule has 4 atom stereocenters. The fourth-order valence-corrected chi connectivity index (χ4v) is 10.4. The molecule has 11 nitrogen and oxygen atoms in total. The predicted molar refractivity (Wildman–Crippen MR) is 295 cm³/mol. The molecule has 0 radical (unpaired) electrons. The molecule has 0 spiro atoms. The van der Waals surface area contributed by atoms with E-state index in [1.807, 2.05) is 24.3 Å². The zero-order chi connectivity index (χ0) is 51.3. The van der Waals surface area contributed by atoms with Gasteiger partial charge in [-0.25, -0.2) is 0 Å². The second-order valence-corrected chi connectivity index (χ2v) is 20.6. The minimum absolute atomic E-state index is 0.140. The number of hydrogen-bond acceptors (Lipinski definition) is 11. The molecule has 396 valence electrons. The van der Waals surface area contributed by atoms with E-state index in [-0.39, 0.29) is 25.2 Å². The van der Waals surface area contributed by atoms with E-state index in [4.69, 9.17) is 42.6 Å². The van der Waals surface area contributed by atoms with Gasteiger partial charge in [-0.2, -0.15) is 0 Å². The summed E-state index contributed by atoms with van der Waals surface area (Å²) >= 11 is 0. The molecule has 4 unspecified atom stereocenters. The summed E-state index contributed by atoms with van der Waals surface area (Å²) in [7, 11) is 0. The molecule has 75 heavy (non-hydrogen) atoms. The Bertz CT molecular complexity index is 2430. The average molecular weight is 1020 g/mol. The normalized spacial score (nSPS) is 20.2. The van der Waals surface area contributed by atoms with Gasteiger partial charge in [-0.15, -0.1) is 0 Å². The quantitative estimate of drug-likeness (QED) is 0.0732. The fraction of sp³-hybridized carbons (Fsp3) is 0.438. The highest BCUT2D eigenvalue weighted by Gasteiger charge is 2.22. The number of nitrogens with zero attached hydrogens (tertiary/aromatic N) is 2. The standard InChI is InChI=1S/C64H76N2O9/c1-45-37-55(21-17-49(45)41-71-61-13-5-9-33-67-61)65(56-22-18-50(46(2)38-56)42-72-62-14-6-10-34-68-62)53-25-29-59(30-26-53)75-60-31-27-54(28-32-60)66(57-23-19-51(47(3)39-57)43-73-63-15-7-11-35-69-63)58-24-20-52(48(4)40-58)44-74-64-16-8-12-36-70-64/h17-32,37-40,61-64H,5-16,33-36,41-44H2,1-4H3. The Balaban J connectivity index is 0.879. The Labute approximate surface area is 444 Å². The summed E-state index contributed by atoms with van der Waals surface area (Å²) in [6.07, 6.45) is 12.1. The van der Waals surface area contributed by atoms with Crippen LogP contribution in [0.1, 0.15) is 122 Å². The molecule has 4 aliphatic heterocycles. The van der Waals surface area contributed by atoms with E-state index in [1.165, 1.54) is 0 Å². The van der Waals surface area contributed by atoms with Crippen LogP contribution in [-0.4, -0.2) is 51.6 Å². The molecule has 0 aliphatic carbocycles. The minimum atomic E-state index is -0.140. The Morgan fingerprint density at radius 2 is 0.587 bits per heavy atom. The Kier molecular flexibility index (Phi) is 18.3. The molecular weight excluding hydrogens is 941 g/mol. The van der Waals surface area contributed by atoms with E-state index in [0.29, 0.717) is 26.4 Å². The number of hydrogen-bond donors (Lipinski definition) is 0. The third-order valence-corrected chi connectivity index (χ3v) is 15.0. The van der Waals surface area contributed by atoms with Gasteiger partial charge in [-0.3, -0.25) is 0 Å². The number of benzene rings is 6. The number of rotatable bonds is 20. The molecule has 0 amide bonds. The van der Waals surface area contributed by atoms with Crippen LogP contribution < -0.4 is 14.5 Å². The molecule has 4 aliphatic rings. The van der Waals surface area contributed by atoms with Gasteiger partial charge in [0.2, 0.25) is 0 Å². The first-order valence-corrected chi connectivity index (χ1v) is 27.6. The molecule has 11 heteroatoms. The van der Waals surface area contributed by atoms with Crippen LogP contribution in [0, 0.1) is 27.7 Å². The van der Waals surface area contributed by atoms with Crippen LogP contribution >= 0.6 is 0 Å². The van der Waals surface area contributed by atoms with E-state index in [2.05, 4.69) is 135 Å². The van der Waals surface area contributed by atoms with Crippen molar-refractivity contribution in [2.45, 2.75) is 156 Å². The average Bonchev–Trinajstić information content (AvgIpc) is 3.44. The first kappa shape index (κ1) is 52.8. The number of aryl methyl sites for hydroxylation is 4. The van der Waals surface area contributed by atoms with Gasteiger partial charge >= 0.3 is 0 Å². The largest absolute Gasteiger partial charge is 0.457 e. The third-order valence-electron chi connectivity index (χ3n) is 15.0. The fourth-order valence-electron chi connectivity index (χ4n) is 10.4. The number of anilines is 6. The second-order valence-electron chi connectivity index (χ2n) is 20.6. The van der Waals surface area contributed by atoms with Crippen molar-refractivity contribution < 1.29 is 42.6 Å². The van der Waals surface area contributed by atoms with Gasteiger partial charge < -0.3 is 52.4 Å². The van der Waals surface area contributed by atoms with Gasteiger partial charge in [0.05, 0.1) is 26.4 Å². The molecule has 0 aromatic heterocycles. The Morgan fingerprint density at radius 3 is 0.813 bits per heavy atom. The van der Waals surface area contributed by atoms with Crippen molar-refractivity contribution in [3.05, 3.63) is 166 Å². The maximum Gasteiger partial charge on any atom is 0.158 e. The van der Waals surface area contributed by atoms with E-state index >= 15 is 0 Å². The molecule has 0 N–H and O–H groups in total. The van der Waals surface area contributed by atoms with Gasteiger partial charge in [0, 0.05) is 60.6 Å². The Hall–Kier alpha value is -5.60. The van der Waals surface area contributed by atoms with Gasteiger partial charge in [0.15, 0.2) is 25.2 Å². The first-order chi connectivity index (χ1) is 36.8. The van der Waals surface area contributed by atoms with E-state index in [9.17, 15) is 0 Å². The van der Waals surface area contributed by atoms with Crippen LogP contribution in [0.4, 0.5) is 34.1 Å². The SMILES string of the molecule is Cc1cc(N(c2ccc(Oc3ccc(N(c4ccc(COC5CCCCO5)c(C)c4)c4ccc(COC5CCCCO5)c(C)c4)cc3)cc2)c2ccc(COC3CCCCO3)c(C)c2)ccc1COC1CCCCO1. The molecule has 4 heterocycles. The zero-order valence-electron chi connectivity index (χ0n) is 44.6. The molecule has 6 aromatic carbocycles. The molecule has 10 rings (SSSR count). The lowest BCUT2D eigenvalue weighted by Crippen LogP contribution is -2.22. The highest BCUT2D eigenvalue weighted by molar-refractivity contribution is 5.79. The molecular formula is C64H76N2O9. The summed E-state index contributed by atoms with van der Waals surface area (Å²) in [6.45, 7) is 13.7. The summed E-state index contributed by atoms with van der Waals surface area (Å²) in [5, 5.41) is 0. The molecule has 0 saturated carbocycles. The van der Waals surface area contributed by atoms with Crippen molar-refractivity contribution in [2.75, 3.05) is 36.2 Å². The van der Waals surface area contributed by atoms with Crippen molar-refractivity contribution >= 4 is 34.1 Å². The molecule has 4 fully saturated rings. The lowest BCUT2D eigenvalue weighted by molar-refractivity contribution is -0.169. The Morgan fingerprint density at radius 1 is 0.333 bits per heavy atom. The smallest absolute Gasteiger partial charge is 0.158 e. The minimum Gasteiger partial charge on any atom is -0.457 e. The van der Waals surface area contributed by atoms with Crippen LogP contribution in [0.3, 0.4) is 0 Å². The summed E-state index contributed by atoms with van der Waals surface area (Å²) in [5.41, 5.74) is 15.5. The van der Waals surface area contributed by atoms with Crippen LogP contribution in [0.5, 0.6) is 11.5 Å². The monoisotopic (exact) mass is 1020 g/mol. The summed E-state index contributed by atoms with van der Waals surface area (Å²) < 4.78 is 54.9. The van der Waals surface area contributed by atoms with E-state index < -0.39 is 0 Å². The maximum absolute atomic E-state index is 6.58. The van der Waals surface area contributed by atoms with Gasteiger partial charge in [-0.05, 0) is 246 Å². The summed E-state index contributed by atoms with van der Waals surface area (Å²) in [6, 6.07) is 43.2. The van der Waals surface area contributed by atoms with Crippen LogP contribution in [0.25, 0.3) is 0 Å². The van der Waals surface area contributed by atoms with Crippen molar-refractivity contribution in [3.8, 4) is 11.5 Å². The molecule has 4 saturated heterocycles. The van der Waals surface area contributed by atoms with Gasteiger partial charge in [0.25, 0.3) is 0 Å². The van der Waals surface area contributed by atoms with Crippen LogP contribution in [0.15, 0.2) is 121 Å². The number of ether oxygens (including phenoxy) is 9. The molecule has 6 aromatic rings. The van der Waals surface area contributed by atoms with Gasteiger partial charge in [0.1, 0.15) is 11.5 Å². The van der Waals surface area contributed by atoms with Gasteiger partial charge in [-0.1, -0.05) is 24.3 Å². The van der Waals surface area contributed by atoms with Crippen LogP contribution in [0.2, 0.25) is 0 Å². The van der Waals surface area contributed by atoms with Crippen LogP contribution in [-0.2, 0) is 64.3 Å². The van der Waals surface area contributed by atoms with Crippen molar-refractivity contribution in [3.63, 3.8) is 0 Å². The first-order valence-electron chi connectivity index (χ1n) is 27.6. The van der Waals surface area contributed by atoms with Crippen molar-refractivity contribution in [2.24, 2.45) is 0 Å². The highest BCUT2D eigenvalue weighted by Crippen LogP contribution is 2.41. The predicted octanol–water partition coefficient (Wildman–Crippen LogP) is 15.8. The zero-order valence-corrected chi connectivity index (χ0v) is 44.6. The highest BCUT2D eigenvalue weighted by atomic mass is 16.7. The van der Waals surface area contributed by atoms with E-state index in [0.717, 1.165) is 194 Å². The summed E-state index contributed by atoms with van der Waals surface area (Å²) in [5.74, 6) is 1.48. The van der Waals surface area contributed by atoms with E-state index in [1.54, 1.807) is 0 Å². The summed E-state index contributed by atoms with van der Waals surface area (Å²) in [4.78, 5) is 4.60. The molecule has 0 bridgehead atoms. The second kappa shape index (κ2) is 26.0. The maximum atomic E-state index is 6.58. The lowest BCUT2D eigenvalue weighted by atomic mass is 10.0.